The van der Waals surface area contributed by atoms with Crippen LogP contribution in [0.1, 0.15) is 49.8 Å². The molecule has 0 radical (unpaired) electrons. The first kappa shape index (κ1) is 27.3. The molecule has 0 atom stereocenters. The van der Waals surface area contributed by atoms with E-state index >= 15 is 0 Å². The Morgan fingerprint density at radius 1 is 0.875 bits per heavy atom. The van der Waals surface area contributed by atoms with E-state index in [1.807, 2.05) is 12.1 Å². The molecule has 0 saturated carbocycles. The largest absolute Gasteiger partial charge is 0.516 e. The summed E-state index contributed by atoms with van der Waals surface area (Å²) in [4.78, 5) is 0. The fraction of sp³-hybridized carbons (Fsp3) is 0.310. The minimum Gasteiger partial charge on any atom is -0.516 e. The molecule has 0 amide bonds. The van der Waals surface area contributed by atoms with Crippen molar-refractivity contribution in [1.29, 1.82) is 0 Å². The predicted octanol–water partition coefficient (Wildman–Crippen LogP) is 9.13. The second kappa shape index (κ2) is 16.0. The number of ether oxygens (including phenoxy) is 1. The van der Waals surface area contributed by atoms with Crippen molar-refractivity contribution >= 4 is 11.6 Å². The molecule has 0 saturated heterocycles. The fourth-order valence-corrected chi connectivity index (χ4v) is 3.30. The second-order valence-electron chi connectivity index (χ2n) is 7.61. The number of rotatable bonds is 7. The Kier molecular flexibility index (Phi) is 13.7. The first-order valence-electron chi connectivity index (χ1n) is 11.3. The monoisotopic (exact) mass is 452 g/mol. The molecule has 0 heterocycles. The van der Waals surface area contributed by atoms with Crippen molar-refractivity contribution in [3.8, 4) is 16.9 Å². The number of aryl methyl sites for hydroxylation is 3. The van der Waals surface area contributed by atoms with Crippen molar-refractivity contribution < 1.29 is 9.84 Å². The van der Waals surface area contributed by atoms with Gasteiger partial charge in [0.1, 0.15) is 5.75 Å². The van der Waals surface area contributed by atoms with Gasteiger partial charge in [-0.2, -0.15) is 0 Å². The Hall–Kier alpha value is -2.71. The van der Waals surface area contributed by atoms with Gasteiger partial charge in [0.15, 0.2) is 0 Å². The number of aliphatic hydroxyl groups excluding tert-OH is 1. The summed E-state index contributed by atoms with van der Waals surface area (Å²) in [5.74, 6) is 0.950. The van der Waals surface area contributed by atoms with Crippen molar-refractivity contribution in [1.82, 2.24) is 0 Å². The van der Waals surface area contributed by atoms with Crippen LogP contribution in [0.15, 0.2) is 79.6 Å². The Morgan fingerprint density at radius 3 is 2.06 bits per heavy atom. The summed E-state index contributed by atoms with van der Waals surface area (Å²) in [6.07, 6.45) is 5.22. The lowest BCUT2D eigenvalue weighted by atomic mass is 9.96. The number of hydrogen-bond acceptors (Lipinski definition) is 2. The lowest BCUT2D eigenvalue weighted by molar-refractivity contribution is 0.307. The molecule has 3 heteroatoms. The molecule has 0 aliphatic rings. The van der Waals surface area contributed by atoms with Crippen LogP contribution in [0.3, 0.4) is 0 Å². The van der Waals surface area contributed by atoms with Crippen LogP contribution in [0.2, 0.25) is 5.02 Å². The minimum absolute atomic E-state index is 0.747. The molecule has 32 heavy (non-hydrogen) atoms. The van der Waals surface area contributed by atoms with Crippen LogP contribution in [0.25, 0.3) is 11.1 Å². The van der Waals surface area contributed by atoms with E-state index in [2.05, 4.69) is 88.9 Å². The third-order valence-corrected chi connectivity index (χ3v) is 4.93. The van der Waals surface area contributed by atoms with Crippen LogP contribution >= 0.6 is 11.6 Å². The fourth-order valence-electron chi connectivity index (χ4n) is 3.18. The van der Waals surface area contributed by atoms with Crippen LogP contribution in [0, 0.1) is 13.8 Å². The zero-order valence-electron chi connectivity index (χ0n) is 19.9. The highest BCUT2D eigenvalue weighted by Gasteiger charge is 2.06. The quantitative estimate of drug-likeness (QED) is 0.286. The molecular weight excluding hydrogens is 416 g/mol. The maximum Gasteiger partial charge on any atom is 0.119 e. The third kappa shape index (κ3) is 10.1. The second-order valence-corrected chi connectivity index (χ2v) is 8.05. The normalized spacial score (nSPS) is 9.66. The van der Waals surface area contributed by atoms with E-state index in [-0.39, 0.29) is 0 Å². The number of aliphatic hydroxyl groups is 1. The van der Waals surface area contributed by atoms with Gasteiger partial charge in [-0.3, -0.25) is 0 Å². The average molecular weight is 453 g/mol. The molecule has 1 N–H and O–H groups in total. The van der Waals surface area contributed by atoms with E-state index in [0.29, 0.717) is 0 Å². The molecule has 172 valence electrons. The number of halogens is 1. The van der Waals surface area contributed by atoms with Gasteiger partial charge in [0, 0.05) is 5.02 Å². The Balaban J connectivity index is 0.000000769. The molecule has 0 unspecified atom stereocenters. The van der Waals surface area contributed by atoms with Crippen molar-refractivity contribution in [2.24, 2.45) is 0 Å². The van der Waals surface area contributed by atoms with E-state index < -0.39 is 0 Å². The van der Waals surface area contributed by atoms with Crippen LogP contribution in [0.4, 0.5) is 0 Å². The first-order chi connectivity index (χ1) is 15.5. The molecule has 0 bridgehead atoms. The lowest BCUT2D eigenvalue weighted by Gasteiger charge is -2.12. The Bertz CT molecular complexity index is 917. The van der Waals surface area contributed by atoms with Gasteiger partial charge in [-0.05, 0) is 85.2 Å². The zero-order chi connectivity index (χ0) is 23.8. The lowest BCUT2D eigenvalue weighted by Crippen LogP contribution is -1.99. The number of benzene rings is 3. The number of unbranched alkanes of at least 4 members (excludes halogenated alkanes) is 1. The highest BCUT2D eigenvalue weighted by molar-refractivity contribution is 6.30. The summed E-state index contributed by atoms with van der Waals surface area (Å²) in [6, 6.07) is 23.0. The van der Waals surface area contributed by atoms with Gasteiger partial charge >= 0.3 is 0 Å². The van der Waals surface area contributed by atoms with Crippen LogP contribution in [-0.4, -0.2) is 11.7 Å². The van der Waals surface area contributed by atoms with E-state index in [9.17, 15) is 0 Å². The Labute approximate surface area is 199 Å². The topological polar surface area (TPSA) is 29.5 Å². The highest BCUT2D eigenvalue weighted by Crippen LogP contribution is 2.29. The molecule has 0 fully saturated rings. The van der Waals surface area contributed by atoms with Crippen LogP contribution in [0.5, 0.6) is 5.75 Å². The summed E-state index contributed by atoms with van der Waals surface area (Å²) in [6.45, 7) is 12.2. The average Bonchev–Trinajstić information content (AvgIpc) is 2.77. The molecule has 2 nitrogen and oxygen atoms in total. The van der Waals surface area contributed by atoms with Gasteiger partial charge in [0.05, 0.1) is 12.9 Å². The molecule has 0 aliphatic carbocycles. The van der Waals surface area contributed by atoms with Crippen molar-refractivity contribution in [3.63, 3.8) is 0 Å². The summed E-state index contributed by atoms with van der Waals surface area (Å²) in [7, 11) is 0. The Morgan fingerprint density at radius 2 is 1.47 bits per heavy atom. The summed E-state index contributed by atoms with van der Waals surface area (Å²) >= 11 is 5.91. The molecular formula is C29H37ClO2. The van der Waals surface area contributed by atoms with Crippen LogP contribution in [-0.2, 0) is 6.42 Å². The van der Waals surface area contributed by atoms with Gasteiger partial charge in [0.2, 0.25) is 0 Å². The maximum atomic E-state index is 7.33. The maximum absolute atomic E-state index is 7.33. The summed E-state index contributed by atoms with van der Waals surface area (Å²) in [5, 5.41) is 8.13. The molecule has 3 aromatic carbocycles. The van der Waals surface area contributed by atoms with Gasteiger partial charge in [-0.25, -0.2) is 0 Å². The molecule has 3 aromatic rings. The van der Waals surface area contributed by atoms with E-state index in [1.165, 1.54) is 34.2 Å². The van der Waals surface area contributed by atoms with E-state index in [0.717, 1.165) is 42.9 Å². The third-order valence-electron chi connectivity index (χ3n) is 4.67. The van der Waals surface area contributed by atoms with Gasteiger partial charge in [-0.15, -0.1) is 0 Å². The molecule has 0 aromatic heterocycles. The minimum atomic E-state index is 0.747. The van der Waals surface area contributed by atoms with E-state index in [1.54, 1.807) is 0 Å². The van der Waals surface area contributed by atoms with Crippen molar-refractivity contribution in [3.05, 3.63) is 101 Å². The standard InChI is InChI=1S/C24H25ClO.C3H8.C2H4O/c1-18-7-3-4-9-23(18)24-15-14-22(17-19(24)2)26-16-6-5-8-20-10-12-21(25)13-11-20;1-3-2;1-2-3/h3-4,7,9-15,17H,5-6,8,16H2,1-2H3;3H2,1-2H3;2-3H,1H2. The first-order valence-corrected chi connectivity index (χ1v) is 11.6. The van der Waals surface area contributed by atoms with Crippen molar-refractivity contribution in [2.45, 2.75) is 53.4 Å². The van der Waals surface area contributed by atoms with Crippen LogP contribution < -0.4 is 4.74 Å². The van der Waals surface area contributed by atoms with Gasteiger partial charge < -0.3 is 9.84 Å². The highest BCUT2D eigenvalue weighted by atomic mass is 35.5. The molecule has 0 spiro atoms. The number of hydrogen-bond donors (Lipinski definition) is 1. The summed E-state index contributed by atoms with van der Waals surface area (Å²) in [5.41, 5.74) is 6.44. The molecule has 3 rings (SSSR count). The zero-order valence-corrected chi connectivity index (χ0v) is 20.7. The SMILES string of the molecule is C=CO.CCC.Cc1ccccc1-c1ccc(OCCCCc2ccc(Cl)cc2)cc1C. The predicted molar refractivity (Wildman–Crippen MR) is 140 cm³/mol. The smallest absolute Gasteiger partial charge is 0.119 e. The molecule has 0 aliphatic heterocycles. The van der Waals surface area contributed by atoms with E-state index in [4.69, 9.17) is 21.4 Å². The van der Waals surface area contributed by atoms with Gasteiger partial charge in [0.25, 0.3) is 0 Å². The van der Waals surface area contributed by atoms with Gasteiger partial charge in [-0.1, -0.05) is 80.9 Å². The van der Waals surface area contributed by atoms with Crippen molar-refractivity contribution in [2.75, 3.05) is 6.61 Å². The summed E-state index contributed by atoms with van der Waals surface area (Å²) < 4.78 is 5.94.